The standard InChI is InChI=1S/C141H144/c1-3-5-7-9-11-13-15-17-19-21-23-25-27-29-31-33-35-37-39-41-43-45-47-49-51-53-55-57-59-61-63-65-67-69-71-73-75-77-79-81-83-85-87-89-91-93-95-97-99-101-103-105-107-109-111-113-115-117-119-121-123-125-127-129-131-133-135-137-139-141-140-138-136-134-132-130-128-126-124-122-120-118-116-114-112-110-108-106-104-102-100-98-96-94-92-90-88-86-84-82-80-78-76-74-72-70-68-66-64-62-60-58-56-54-52-50-48-46-44-42-40-38-36-34-32-30-28-26-24-22-20-18-16-14-12-10-8-6-4-2/h3-141H,1H2,2H3. The molecule has 0 aromatic carbocycles. The van der Waals surface area contributed by atoms with E-state index in [-0.39, 0.29) is 0 Å². The maximum Gasteiger partial charge on any atom is -0.0467 e. The van der Waals surface area contributed by atoms with Crippen LogP contribution in [-0.2, 0) is 0 Å². The Labute approximate surface area is 852 Å². The molecule has 0 atom stereocenters. The lowest BCUT2D eigenvalue weighted by molar-refractivity contribution is 1.73. The van der Waals surface area contributed by atoms with Gasteiger partial charge in [0.05, 0.1) is 0 Å². The molecule has 0 aliphatic heterocycles. The van der Waals surface area contributed by atoms with Crippen molar-refractivity contribution in [1.82, 2.24) is 0 Å². The van der Waals surface area contributed by atoms with Crippen LogP contribution in [0.5, 0.6) is 0 Å². The summed E-state index contributed by atoms with van der Waals surface area (Å²) in [5.41, 5.74) is 0. The molecule has 0 N–H and O–H groups in total. The molecule has 0 nitrogen and oxygen atoms in total. The first kappa shape index (κ1) is 123. The van der Waals surface area contributed by atoms with E-state index in [0.29, 0.717) is 0 Å². The summed E-state index contributed by atoms with van der Waals surface area (Å²) in [6.45, 7) is 5.64. The normalized spacial score (nSPS) is 15.8. The van der Waals surface area contributed by atoms with Gasteiger partial charge in [-0.15, -0.1) is 0 Å². The van der Waals surface area contributed by atoms with Gasteiger partial charge in [0.25, 0.3) is 0 Å². The molecule has 0 aliphatic rings. The molecule has 0 saturated heterocycles. The molecule has 0 heterocycles. The van der Waals surface area contributed by atoms with Gasteiger partial charge in [-0.05, 0) is 6.92 Å². The minimum absolute atomic E-state index is 1.75. The Kier molecular flexibility index (Phi) is 106. The van der Waals surface area contributed by atoms with E-state index in [0.717, 1.165) is 0 Å². The maximum atomic E-state index is 3.64. The van der Waals surface area contributed by atoms with Gasteiger partial charge in [-0.25, -0.2) is 0 Å². The van der Waals surface area contributed by atoms with Gasteiger partial charge in [0.15, 0.2) is 0 Å². The van der Waals surface area contributed by atoms with Gasteiger partial charge in [-0.2, -0.15) is 0 Å². The molecule has 141 heavy (non-hydrogen) atoms. The van der Waals surface area contributed by atoms with Crippen LogP contribution in [0.2, 0.25) is 0 Å². The van der Waals surface area contributed by atoms with Crippen molar-refractivity contribution in [2.75, 3.05) is 0 Å². The second kappa shape index (κ2) is 122. The molecule has 0 bridgehead atoms. The first-order chi connectivity index (χ1) is 70.4. The number of allylic oxidation sites excluding steroid dienone is 139. The number of hydrogen-bond acceptors (Lipinski definition) is 0. The van der Waals surface area contributed by atoms with Crippen LogP contribution in [0.15, 0.2) is 851 Å². The Hall–Kier alpha value is -18.2. The Morgan fingerprint density at radius 2 is 0.0922 bits per heavy atom. The number of rotatable bonds is 69. The van der Waals surface area contributed by atoms with E-state index in [1.807, 2.05) is 845 Å². The highest BCUT2D eigenvalue weighted by molar-refractivity contribution is 5.35. The van der Waals surface area contributed by atoms with Crippen molar-refractivity contribution in [3.05, 3.63) is 851 Å². The van der Waals surface area contributed by atoms with Crippen molar-refractivity contribution >= 4 is 0 Å². The van der Waals surface area contributed by atoms with Gasteiger partial charge in [0, 0.05) is 0 Å². The SMILES string of the molecule is C=CC=CC=CC=CC=CC=CC=CC=CC=CC=CC=CC=CC=CC=CC=CC=CC=CC=CC=CC=CC=CC=CC=CC=CC=CC=CC=CC=CC=CC=CC=CC=CC=CC=CC=CC=CC=CC=CC=CC=CC=CC=CC=CC=CC=CC=CC=CC=CC=CC=CC=CC=CC=CC=CC=CC=CC=CC=CC=CC=CC=CC=CC=CC=CC=CC=CC=CC=CC=CC=CC. The van der Waals surface area contributed by atoms with E-state index in [2.05, 4.69) is 6.58 Å². The predicted molar refractivity (Wildman–Crippen MR) is 647 cm³/mol. The molecule has 0 heteroatoms. The smallest absolute Gasteiger partial charge is 0.0467 e. The minimum atomic E-state index is 1.75. The van der Waals surface area contributed by atoms with Crippen molar-refractivity contribution in [2.24, 2.45) is 0 Å². The summed E-state index contributed by atoms with van der Waals surface area (Å²) in [7, 11) is 0. The fourth-order valence-corrected chi connectivity index (χ4v) is 8.85. The van der Waals surface area contributed by atoms with Gasteiger partial charge in [0.2, 0.25) is 0 Å². The summed E-state index contributed by atoms with van der Waals surface area (Å²) < 4.78 is 0. The third-order valence-corrected chi connectivity index (χ3v) is 15.4. The molecule has 0 amide bonds. The topological polar surface area (TPSA) is 0 Å². The Morgan fingerprint density at radius 1 is 0.0567 bits per heavy atom. The van der Waals surface area contributed by atoms with Crippen LogP contribution in [0, 0.1) is 0 Å². The maximum absolute atomic E-state index is 3.64. The average Bonchev–Trinajstić information content (AvgIpc) is 1.11. The first-order valence-electron chi connectivity index (χ1n) is 47.0. The first-order valence-corrected chi connectivity index (χ1v) is 47.0. The van der Waals surface area contributed by atoms with Crippen LogP contribution >= 0.6 is 0 Å². The minimum Gasteiger partial charge on any atom is -0.0991 e. The van der Waals surface area contributed by atoms with E-state index in [1.165, 1.54) is 0 Å². The zero-order chi connectivity index (χ0) is 100. The fourth-order valence-electron chi connectivity index (χ4n) is 8.85. The zero-order valence-corrected chi connectivity index (χ0v) is 82.0. The quantitative estimate of drug-likeness (QED) is 0.0533. The van der Waals surface area contributed by atoms with Crippen molar-refractivity contribution in [3.8, 4) is 0 Å². The predicted octanol–water partition coefficient (Wildman–Crippen LogP) is 39.6. The van der Waals surface area contributed by atoms with Crippen LogP contribution in [-0.4, -0.2) is 0 Å². The molecule has 0 aliphatic carbocycles. The van der Waals surface area contributed by atoms with E-state index in [4.69, 9.17) is 0 Å². The lowest BCUT2D eigenvalue weighted by Crippen LogP contribution is -1.55. The largest absolute Gasteiger partial charge is 0.0991 e. The van der Waals surface area contributed by atoms with Crippen molar-refractivity contribution in [2.45, 2.75) is 6.92 Å². The average molecular weight is 1840 g/mol. The van der Waals surface area contributed by atoms with E-state index >= 15 is 0 Å². The molecule has 0 radical (unpaired) electrons. The summed E-state index contributed by atoms with van der Waals surface area (Å²) in [6.07, 6.45) is 277. The van der Waals surface area contributed by atoms with Crippen LogP contribution in [0.1, 0.15) is 6.92 Å². The molecule has 0 spiro atoms. The Bertz CT molecular complexity index is 5070. The summed E-state index contributed by atoms with van der Waals surface area (Å²) in [4.78, 5) is 0. The molecular weight excluding hydrogens is 1690 g/mol. The molecule has 0 aromatic heterocycles. The molecule has 708 valence electrons. The second-order valence-corrected chi connectivity index (χ2v) is 26.9. The van der Waals surface area contributed by atoms with Gasteiger partial charge >= 0.3 is 0 Å². The van der Waals surface area contributed by atoms with Gasteiger partial charge < -0.3 is 0 Å². The summed E-state index contributed by atoms with van der Waals surface area (Å²) >= 11 is 0. The molecule has 0 rings (SSSR count). The van der Waals surface area contributed by atoms with E-state index in [1.54, 1.807) is 6.08 Å². The highest BCUT2D eigenvalue weighted by Gasteiger charge is 1.78. The number of hydrogen-bond donors (Lipinski definition) is 0. The third kappa shape index (κ3) is 122. The Balaban J connectivity index is 4.14. The van der Waals surface area contributed by atoms with Crippen LogP contribution in [0.3, 0.4) is 0 Å². The molecule has 0 aromatic rings. The van der Waals surface area contributed by atoms with Crippen molar-refractivity contribution in [1.29, 1.82) is 0 Å². The van der Waals surface area contributed by atoms with Crippen molar-refractivity contribution in [3.63, 3.8) is 0 Å². The second-order valence-electron chi connectivity index (χ2n) is 26.9. The summed E-state index contributed by atoms with van der Waals surface area (Å²) in [6, 6.07) is 0. The molecule has 0 fully saturated rings. The fraction of sp³-hybridized carbons (Fsp3) is 0.00709. The lowest BCUT2D eigenvalue weighted by atomic mass is 10.3. The molecule has 0 saturated carbocycles. The van der Waals surface area contributed by atoms with Gasteiger partial charge in [-0.3, -0.25) is 0 Å². The van der Waals surface area contributed by atoms with Crippen LogP contribution in [0.4, 0.5) is 0 Å². The van der Waals surface area contributed by atoms with Gasteiger partial charge in [0.1, 0.15) is 0 Å². The van der Waals surface area contributed by atoms with Crippen LogP contribution in [0.25, 0.3) is 0 Å². The van der Waals surface area contributed by atoms with Gasteiger partial charge in [-0.1, -0.05) is 851 Å². The summed E-state index contributed by atoms with van der Waals surface area (Å²) in [5, 5.41) is 0. The zero-order valence-electron chi connectivity index (χ0n) is 82.0. The highest BCUT2D eigenvalue weighted by atomic mass is 13.9. The highest BCUT2D eigenvalue weighted by Crippen LogP contribution is 2.00. The van der Waals surface area contributed by atoms with Crippen molar-refractivity contribution < 1.29 is 0 Å². The summed E-state index contributed by atoms with van der Waals surface area (Å²) in [5.74, 6) is 0. The lowest BCUT2D eigenvalue weighted by Gasteiger charge is -1.77. The van der Waals surface area contributed by atoms with E-state index in [9.17, 15) is 0 Å². The third-order valence-electron chi connectivity index (χ3n) is 15.4. The Morgan fingerprint density at radius 3 is 0.128 bits per heavy atom. The monoisotopic (exact) mass is 1840 g/mol. The molecule has 0 unspecified atom stereocenters. The van der Waals surface area contributed by atoms with E-state index < -0.39 is 0 Å². The molecular formula is C141H144. The van der Waals surface area contributed by atoms with Crippen LogP contribution < -0.4 is 0 Å².